The molecule has 28 heavy (non-hydrogen) atoms. The van der Waals surface area contributed by atoms with Crippen molar-refractivity contribution in [2.24, 2.45) is 10.7 Å². The topological polar surface area (TPSA) is 85.0 Å². The van der Waals surface area contributed by atoms with Gasteiger partial charge in [-0.05, 0) is 54.6 Å². The number of halogens is 1. The van der Waals surface area contributed by atoms with Gasteiger partial charge < -0.3 is 10.5 Å². The lowest BCUT2D eigenvalue weighted by molar-refractivity contribution is -0.122. The lowest BCUT2D eigenvalue weighted by Gasteiger charge is -2.12. The lowest BCUT2D eigenvalue weighted by atomic mass is 10.2. The van der Waals surface area contributed by atoms with Gasteiger partial charge in [0.05, 0.1) is 15.6 Å². The first-order valence-electron chi connectivity index (χ1n) is 8.53. The zero-order valence-corrected chi connectivity index (χ0v) is 16.7. The molecule has 2 aromatic carbocycles. The highest BCUT2D eigenvalue weighted by Crippen LogP contribution is 2.35. The number of rotatable bonds is 6. The van der Waals surface area contributed by atoms with E-state index in [0.717, 1.165) is 5.56 Å². The zero-order valence-electron chi connectivity index (χ0n) is 15.1. The van der Waals surface area contributed by atoms with Crippen molar-refractivity contribution in [1.29, 1.82) is 0 Å². The molecule has 0 spiro atoms. The van der Waals surface area contributed by atoms with E-state index in [0.29, 0.717) is 33.1 Å². The third kappa shape index (κ3) is 4.74. The van der Waals surface area contributed by atoms with E-state index in [9.17, 15) is 9.59 Å². The van der Waals surface area contributed by atoms with E-state index in [1.807, 2.05) is 19.1 Å². The minimum Gasteiger partial charge on any atom is -0.484 e. The standard InChI is InChI=1S/C20H18ClN3O3S/c1-2-24-19(26)17(28-20(24)23-16-6-4-3-5-15(16)21)11-13-7-9-14(10-8-13)27-12-18(22)25/h3-11H,2,12H2,1H3,(H2,22,25)/b17-11+,23-20?. The molecule has 0 saturated carbocycles. The van der Waals surface area contributed by atoms with Crippen molar-refractivity contribution in [1.82, 2.24) is 4.90 Å². The molecule has 0 aliphatic carbocycles. The van der Waals surface area contributed by atoms with Crippen molar-refractivity contribution < 1.29 is 14.3 Å². The summed E-state index contributed by atoms with van der Waals surface area (Å²) in [5, 5.41) is 1.12. The Hall–Kier alpha value is -2.77. The summed E-state index contributed by atoms with van der Waals surface area (Å²) in [5.74, 6) is -0.112. The van der Waals surface area contributed by atoms with Crippen LogP contribution in [0.25, 0.3) is 6.08 Å². The van der Waals surface area contributed by atoms with Crippen molar-refractivity contribution in [3.63, 3.8) is 0 Å². The predicted molar refractivity (Wildman–Crippen MR) is 113 cm³/mol. The number of ether oxygens (including phenoxy) is 1. The van der Waals surface area contributed by atoms with Crippen molar-refractivity contribution in [3.05, 3.63) is 64.0 Å². The van der Waals surface area contributed by atoms with Crippen LogP contribution in [0.1, 0.15) is 12.5 Å². The Labute approximate surface area is 172 Å². The van der Waals surface area contributed by atoms with Gasteiger partial charge in [-0.15, -0.1) is 0 Å². The smallest absolute Gasteiger partial charge is 0.266 e. The van der Waals surface area contributed by atoms with E-state index < -0.39 is 5.91 Å². The zero-order chi connectivity index (χ0) is 20.1. The number of hydrogen-bond acceptors (Lipinski definition) is 5. The van der Waals surface area contributed by atoms with Crippen LogP contribution in [-0.2, 0) is 9.59 Å². The number of primary amides is 1. The van der Waals surface area contributed by atoms with Crippen LogP contribution in [0.5, 0.6) is 5.75 Å². The van der Waals surface area contributed by atoms with Gasteiger partial charge in [0.15, 0.2) is 11.8 Å². The monoisotopic (exact) mass is 415 g/mol. The number of para-hydroxylation sites is 1. The van der Waals surface area contributed by atoms with Crippen molar-refractivity contribution >= 4 is 52.1 Å². The molecule has 1 aliphatic rings. The third-order valence-corrected chi connectivity index (χ3v) is 5.16. The van der Waals surface area contributed by atoms with Crippen molar-refractivity contribution in [2.45, 2.75) is 6.92 Å². The summed E-state index contributed by atoms with van der Waals surface area (Å²) < 4.78 is 5.24. The number of benzene rings is 2. The maximum atomic E-state index is 12.7. The number of nitrogens with zero attached hydrogens (tertiary/aromatic N) is 2. The van der Waals surface area contributed by atoms with Crippen LogP contribution >= 0.6 is 23.4 Å². The summed E-state index contributed by atoms with van der Waals surface area (Å²) in [4.78, 5) is 30.2. The number of nitrogens with two attached hydrogens (primary N) is 1. The van der Waals surface area contributed by atoms with E-state index >= 15 is 0 Å². The lowest BCUT2D eigenvalue weighted by Crippen LogP contribution is -2.28. The first-order valence-corrected chi connectivity index (χ1v) is 9.73. The van der Waals surface area contributed by atoms with E-state index in [4.69, 9.17) is 22.1 Å². The van der Waals surface area contributed by atoms with Crippen LogP contribution in [0.3, 0.4) is 0 Å². The molecule has 2 N–H and O–H groups in total. The molecule has 1 saturated heterocycles. The molecule has 0 bridgehead atoms. The van der Waals surface area contributed by atoms with Gasteiger partial charge in [-0.25, -0.2) is 4.99 Å². The van der Waals surface area contributed by atoms with Gasteiger partial charge in [0, 0.05) is 6.54 Å². The minimum absolute atomic E-state index is 0.104. The highest BCUT2D eigenvalue weighted by molar-refractivity contribution is 8.18. The summed E-state index contributed by atoms with van der Waals surface area (Å²) >= 11 is 7.49. The molecule has 0 unspecified atom stereocenters. The average Bonchev–Trinajstić information content (AvgIpc) is 2.97. The molecule has 8 heteroatoms. The Morgan fingerprint density at radius 2 is 1.96 bits per heavy atom. The maximum absolute atomic E-state index is 12.7. The highest BCUT2D eigenvalue weighted by Gasteiger charge is 2.32. The van der Waals surface area contributed by atoms with Gasteiger partial charge in [-0.3, -0.25) is 14.5 Å². The second-order valence-electron chi connectivity index (χ2n) is 5.83. The second-order valence-corrected chi connectivity index (χ2v) is 7.25. The maximum Gasteiger partial charge on any atom is 0.266 e. The molecule has 3 rings (SSSR count). The normalized spacial score (nSPS) is 16.8. The van der Waals surface area contributed by atoms with Crippen LogP contribution in [0.4, 0.5) is 5.69 Å². The Morgan fingerprint density at radius 1 is 1.25 bits per heavy atom. The van der Waals surface area contributed by atoms with Crippen LogP contribution < -0.4 is 10.5 Å². The molecule has 1 aliphatic heterocycles. The van der Waals surface area contributed by atoms with Gasteiger partial charge in [0.2, 0.25) is 0 Å². The number of amidine groups is 1. The molecule has 1 fully saturated rings. The molecule has 0 atom stereocenters. The van der Waals surface area contributed by atoms with E-state index in [2.05, 4.69) is 4.99 Å². The Bertz CT molecular complexity index is 957. The van der Waals surface area contributed by atoms with Gasteiger partial charge >= 0.3 is 0 Å². The Kier molecular flexibility index (Phi) is 6.38. The van der Waals surface area contributed by atoms with Crippen LogP contribution in [0.15, 0.2) is 58.4 Å². The minimum atomic E-state index is -0.538. The van der Waals surface area contributed by atoms with E-state index in [-0.39, 0.29) is 12.5 Å². The summed E-state index contributed by atoms with van der Waals surface area (Å²) in [5.41, 5.74) is 6.51. The van der Waals surface area contributed by atoms with E-state index in [1.54, 1.807) is 47.4 Å². The fourth-order valence-corrected chi connectivity index (χ4v) is 3.72. The Morgan fingerprint density at radius 3 is 2.61 bits per heavy atom. The Balaban J connectivity index is 1.82. The number of carbonyl (C=O) groups is 2. The van der Waals surface area contributed by atoms with Crippen LogP contribution in [-0.4, -0.2) is 35.0 Å². The molecule has 2 aromatic rings. The SMILES string of the molecule is CCN1C(=O)/C(=C\c2ccc(OCC(N)=O)cc2)SC1=Nc1ccccc1Cl. The number of hydrogen-bond donors (Lipinski definition) is 1. The quantitative estimate of drug-likeness (QED) is 0.726. The molecule has 6 nitrogen and oxygen atoms in total. The predicted octanol–water partition coefficient (Wildman–Crippen LogP) is 3.83. The molecular weight excluding hydrogens is 398 g/mol. The van der Waals surface area contributed by atoms with Gasteiger partial charge in [-0.1, -0.05) is 35.9 Å². The highest BCUT2D eigenvalue weighted by atomic mass is 35.5. The van der Waals surface area contributed by atoms with Crippen LogP contribution in [0, 0.1) is 0 Å². The third-order valence-electron chi connectivity index (χ3n) is 3.83. The molecule has 0 radical (unpaired) electrons. The van der Waals surface area contributed by atoms with Crippen molar-refractivity contribution in [3.8, 4) is 5.75 Å². The number of thioether (sulfide) groups is 1. The largest absolute Gasteiger partial charge is 0.484 e. The van der Waals surface area contributed by atoms with Crippen LogP contribution in [0.2, 0.25) is 5.02 Å². The summed E-state index contributed by atoms with van der Waals surface area (Å²) in [6.07, 6.45) is 1.79. The van der Waals surface area contributed by atoms with Gasteiger partial charge in [-0.2, -0.15) is 0 Å². The van der Waals surface area contributed by atoms with Crippen molar-refractivity contribution in [2.75, 3.05) is 13.2 Å². The first kappa shape index (κ1) is 20.0. The molecule has 144 valence electrons. The molecule has 0 aromatic heterocycles. The van der Waals surface area contributed by atoms with Gasteiger partial charge in [0.1, 0.15) is 5.75 Å². The number of carbonyl (C=O) groups excluding carboxylic acids is 2. The number of amides is 2. The summed E-state index contributed by atoms with van der Waals surface area (Å²) in [6, 6.07) is 14.3. The molecular formula is C20H18ClN3O3S. The van der Waals surface area contributed by atoms with Gasteiger partial charge in [0.25, 0.3) is 11.8 Å². The second kappa shape index (κ2) is 8.95. The summed E-state index contributed by atoms with van der Waals surface area (Å²) in [7, 11) is 0. The average molecular weight is 416 g/mol. The fraction of sp³-hybridized carbons (Fsp3) is 0.150. The molecule has 2 amide bonds. The number of aliphatic imine (C=N–C) groups is 1. The summed E-state index contributed by atoms with van der Waals surface area (Å²) in [6.45, 7) is 2.23. The number of likely N-dealkylation sites (N-methyl/N-ethyl adjacent to an activating group) is 1. The molecule has 1 heterocycles. The van der Waals surface area contributed by atoms with E-state index in [1.165, 1.54) is 11.8 Å². The first-order chi connectivity index (χ1) is 13.5. The fourth-order valence-electron chi connectivity index (χ4n) is 2.48.